The molecule has 3 aromatic rings. The first kappa shape index (κ1) is 24.1. The third-order valence-electron chi connectivity index (χ3n) is 4.98. The van der Waals surface area contributed by atoms with Gasteiger partial charge in [0.05, 0.1) is 24.6 Å². The van der Waals surface area contributed by atoms with Gasteiger partial charge in [0.1, 0.15) is 5.69 Å². The van der Waals surface area contributed by atoms with Crippen LogP contribution in [0.5, 0.6) is 0 Å². The molecule has 1 amide bonds. The van der Waals surface area contributed by atoms with Crippen LogP contribution in [0.3, 0.4) is 0 Å². The second-order valence-electron chi connectivity index (χ2n) is 7.21. The predicted molar refractivity (Wildman–Crippen MR) is 131 cm³/mol. The molecular weight excluding hydrogens is 420 g/mol. The molecule has 9 heteroatoms. The first-order chi connectivity index (χ1) is 16.1. The summed E-state index contributed by atoms with van der Waals surface area (Å²) >= 11 is 0. The topological polar surface area (TPSA) is 105 Å². The summed E-state index contributed by atoms with van der Waals surface area (Å²) in [4.78, 5) is 31.1. The second kappa shape index (κ2) is 11.9. The number of benzene rings is 1. The molecule has 2 N–H and O–H groups in total. The highest BCUT2D eigenvalue weighted by atomic mass is 16.5. The summed E-state index contributed by atoms with van der Waals surface area (Å²) in [6.45, 7) is 5.68. The van der Waals surface area contributed by atoms with Crippen LogP contribution in [0.4, 0.5) is 11.6 Å². The number of amides is 1. The van der Waals surface area contributed by atoms with Gasteiger partial charge in [-0.05, 0) is 44.2 Å². The molecule has 3 rings (SSSR count). The van der Waals surface area contributed by atoms with Gasteiger partial charge in [-0.2, -0.15) is 0 Å². The van der Waals surface area contributed by atoms with E-state index in [1.165, 1.54) is 0 Å². The van der Waals surface area contributed by atoms with E-state index in [4.69, 9.17) is 9.47 Å². The molecule has 9 nitrogen and oxygen atoms in total. The molecule has 0 radical (unpaired) electrons. The molecule has 1 aromatic carbocycles. The van der Waals surface area contributed by atoms with Crippen molar-refractivity contribution in [3.63, 3.8) is 0 Å². The molecular formula is C24H30N6O3. The smallest absolute Gasteiger partial charge is 0.270 e. The van der Waals surface area contributed by atoms with Crippen LogP contribution in [-0.4, -0.2) is 72.5 Å². The second-order valence-corrected chi connectivity index (χ2v) is 7.21. The Morgan fingerprint density at radius 1 is 1.15 bits per heavy atom. The number of aromatic amines is 1. The van der Waals surface area contributed by atoms with Crippen molar-refractivity contribution in [1.82, 2.24) is 19.9 Å². The summed E-state index contributed by atoms with van der Waals surface area (Å²) in [7, 11) is 3.23. The summed E-state index contributed by atoms with van der Waals surface area (Å²) in [6, 6.07) is 9.46. The number of aliphatic imine (C=N–C) groups is 1. The van der Waals surface area contributed by atoms with E-state index in [1.54, 1.807) is 31.5 Å². The molecule has 174 valence electrons. The molecule has 0 aliphatic carbocycles. The van der Waals surface area contributed by atoms with Gasteiger partial charge in [-0.3, -0.25) is 9.79 Å². The van der Waals surface area contributed by atoms with Crippen LogP contribution in [0.25, 0.3) is 16.6 Å². The molecule has 0 atom stereocenters. The molecule has 33 heavy (non-hydrogen) atoms. The standard InChI is InChI=1S/C24H30N6O3/c1-5-19(25-6-2)21-9-10-26-24(29-21)27-18-7-8-20-17(15-18)16-22(28-20)23(31)30(11-13-32-3)12-14-33-4/h5-10,15-16,28H,11-14H2,1-4H3,(H,26,27,29)/b19-5-,25-6?. The van der Waals surface area contributed by atoms with Crippen LogP contribution in [0, 0.1) is 0 Å². The number of methoxy groups -OCH3 is 2. The van der Waals surface area contributed by atoms with E-state index in [0.29, 0.717) is 37.9 Å². The maximum atomic E-state index is 13.0. The fourth-order valence-corrected chi connectivity index (χ4v) is 3.33. The summed E-state index contributed by atoms with van der Waals surface area (Å²) in [5.74, 6) is 0.371. The number of fused-ring (bicyclic) bond motifs is 1. The normalized spacial score (nSPS) is 11.9. The van der Waals surface area contributed by atoms with E-state index >= 15 is 0 Å². The van der Waals surface area contributed by atoms with Gasteiger partial charge >= 0.3 is 0 Å². The van der Waals surface area contributed by atoms with Crippen molar-refractivity contribution in [1.29, 1.82) is 0 Å². The zero-order valence-corrected chi connectivity index (χ0v) is 19.5. The number of hydrogen-bond acceptors (Lipinski definition) is 7. The molecule has 0 aliphatic rings. The molecule has 0 bridgehead atoms. The van der Waals surface area contributed by atoms with E-state index < -0.39 is 0 Å². The minimum atomic E-state index is -0.0961. The Kier molecular flexibility index (Phi) is 8.68. The molecule has 0 saturated carbocycles. The van der Waals surface area contributed by atoms with Crippen molar-refractivity contribution in [2.45, 2.75) is 13.8 Å². The van der Waals surface area contributed by atoms with Gasteiger partial charge in [0, 0.05) is 56.3 Å². The molecule has 0 saturated heterocycles. The summed E-state index contributed by atoms with van der Waals surface area (Å²) in [6.07, 6.45) is 5.33. The van der Waals surface area contributed by atoms with Gasteiger partial charge in [0.2, 0.25) is 5.95 Å². The number of nitrogens with one attached hydrogen (secondary N) is 2. The molecule has 0 spiro atoms. The number of nitrogens with zero attached hydrogens (tertiary/aromatic N) is 4. The molecule has 2 aromatic heterocycles. The summed E-state index contributed by atoms with van der Waals surface area (Å²) < 4.78 is 10.3. The van der Waals surface area contributed by atoms with Crippen LogP contribution < -0.4 is 5.32 Å². The Bertz CT molecular complexity index is 1130. The highest BCUT2D eigenvalue weighted by Gasteiger charge is 2.18. The van der Waals surface area contributed by atoms with Crippen LogP contribution in [0.15, 0.2) is 47.6 Å². The predicted octanol–water partition coefficient (Wildman–Crippen LogP) is 3.89. The van der Waals surface area contributed by atoms with E-state index in [0.717, 1.165) is 28.0 Å². The van der Waals surface area contributed by atoms with Crippen molar-refractivity contribution >= 4 is 40.4 Å². The van der Waals surface area contributed by atoms with Gasteiger partial charge in [0.15, 0.2) is 0 Å². The largest absolute Gasteiger partial charge is 0.383 e. The van der Waals surface area contributed by atoms with E-state index in [-0.39, 0.29) is 5.91 Å². The van der Waals surface area contributed by atoms with E-state index in [9.17, 15) is 4.79 Å². The Morgan fingerprint density at radius 2 is 1.91 bits per heavy atom. The minimum absolute atomic E-state index is 0.0961. The zero-order valence-electron chi connectivity index (χ0n) is 19.5. The fourth-order valence-electron chi connectivity index (χ4n) is 3.33. The third kappa shape index (κ3) is 6.24. The number of carbonyl (C=O) groups is 1. The zero-order chi connectivity index (χ0) is 23.6. The Labute approximate surface area is 193 Å². The number of H-pyrrole nitrogens is 1. The number of anilines is 2. The molecule has 2 heterocycles. The van der Waals surface area contributed by atoms with Crippen LogP contribution in [-0.2, 0) is 9.47 Å². The summed E-state index contributed by atoms with van der Waals surface area (Å²) in [5, 5.41) is 4.14. The average molecular weight is 451 g/mol. The lowest BCUT2D eigenvalue weighted by Gasteiger charge is -2.21. The lowest BCUT2D eigenvalue weighted by molar-refractivity contribution is 0.0623. The highest BCUT2D eigenvalue weighted by Crippen LogP contribution is 2.23. The SMILES string of the molecule is CC=N/C(=C\C)c1ccnc(Nc2ccc3[nH]c(C(=O)N(CCOC)CCOC)cc3c2)n1. The van der Waals surface area contributed by atoms with Gasteiger partial charge in [0.25, 0.3) is 5.91 Å². The first-order valence-electron chi connectivity index (χ1n) is 10.7. The van der Waals surface area contributed by atoms with Crippen LogP contribution in [0.1, 0.15) is 30.0 Å². The number of aromatic nitrogens is 3. The number of ether oxygens (including phenoxy) is 2. The van der Waals surface area contributed by atoms with E-state index in [1.807, 2.05) is 50.3 Å². The van der Waals surface area contributed by atoms with Crippen molar-refractivity contribution in [3.8, 4) is 0 Å². The van der Waals surface area contributed by atoms with Gasteiger partial charge in [-0.25, -0.2) is 9.97 Å². The quantitative estimate of drug-likeness (QED) is 0.430. The fraction of sp³-hybridized carbons (Fsp3) is 0.333. The Balaban J connectivity index is 1.80. The Morgan fingerprint density at radius 3 is 2.58 bits per heavy atom. The van der Waals surface area contributed by atoms with Crippen molar-refractivity contribution < 1.29 is 14.3 Å². The minimum Gasteiger partial charge on any atom is -0.383 e. The van der Waals surface area contributed by atoms with Crippen LogP contribution in [0.2, 0.25) is 0 Å². The van der Waals surface area contributed by atoms with Gasteiger partial charge in [-0.15, -0.1) is 0 Å². The monoisotopic (exact) mass is 450 g/mol. The highest BCUT2D eigenvalue weighted by molar-refractivity contribution is 5.98. The lowest BCUT2D eigenvalue weighted by atomic mass is 10.2. The Hall–Kier alpha value is -3.56. The van der Waals surface area contributed by atoms with E-state index in [2.05, 4.69) is 25.3 Å². The molecule has 0 fully saturated rings. The lowest BCUT2D eigenvalue weighted by Crippen LogP contribution is -2.36. The van der Waals surface area contributed by atoms with Crippen molar-refractivity contribution in [2.24, 2.45) is 4.99 Å². The third-order valence-corrected chi connectivity index (χ3v) is 4.98. The average Bonchev–Trinajstić information content (AvgIpc) is 3.26. The maximum absolute atomic E-state index is 13.0. The van der Waals surface area contributed by atoms with Crippen molar-refractivity contribution in [2.75, 3.05) is 45.8 Å². The van der Waals surface area contributed by atoms with Crippen molar-refractivity contribution in [3.05, 3.63) is 54.0 Å². The number of carbonyl (C=O) groups excluding carboxylic acids is 1. The molecule has 0 aliphatic heterocycles. The van der Waals surface area contributed by atoms with Gasteiger partial charge < -0.3 is 24.7 Å². The number of allylic oxidation sites excluding steroid dienone is 1. The molecule has 0 unspecified atom stereocenters. The first-order valence-corrected chi connectivity index (χ1v) is 10.7. The summed E-state index contributed by atoms with van der Waals surface area (Å²) in [5.41, 5.74) is 3.71. The van der Waals surface area contributed by atoms with Gasteiger partial charge in [-0.1, -0.05) is 6.08 Å². The number of hydrogen-bond donors (Lipinski definition) is 2. The maximum Gasteiger partial charge on any atom is 0.270 e. The van der Waals surface area contributed by atoms with Crippen LogP contribution >= 0.6 is 0 Å². The number of rotatable bonds is 11.